The van der Waals surface area contributed by atoms with Crippen molar-refractivity contribution in [2.24, 2.45) is 35.0 Å². The Morgan fingerprint density at radius 2 is 0.700 bits per heavy atom. The van der Waals surface area contributed by atoms with Crippen LogP contribution in [0.2, 0.25) is 0 Å². The first-order valence-electron chi connectivity index (χ1n) is 37.2. The van der Waals surface area contributed by atoms with Gasteiger partial charge in [0.05, 0.1) is 6.10 Å². The molecule has 0 N–H and O–H groups in total. The number of aromatic nitrogens is 3. The molecular weight excluding hydrogens is 1220 g/mol. The van der Waals surface area contributed by atoms with Crippen molar-refractivity contribution in [3.63, 3.8) is 0 Å². The van der Waals surface area contributed by atoms with E-state index >= 15 is 0 Å². The molecule has 596 valence electrons. The summed E-state index contributed by atoms with van der Waals surface area (Å²) in [5.74, 6) is 7.55. The van der Waals surface area contributed by atoms with Gasteiger partial charge in [0.2, 0.25) is 0 Å². The molecule has 7 rings (SSSR count). The summed E-state index contributed by atoms with van der Waals surface area (Å²) >= 11 is 0. The van der Waals surface area contributed by atoms with Crippen molar-refractivity contribution in [1.29, 1.82) is 0 Å². The molecule has 1 unspecified atom stereocenters. The van der Waals surface area contributed by atoms with E-state index in [2.05, 4.69) is 257 Å². The van der Waals surface area contributed by atoms with Crippen molar-refractivity contribution >= 4 is 0 Å². The van der Waals surface area contributed by atoms with Crippen LogP contribution in [0.15, 0.2) is 97.1 Å². The predicted octanol–water partition coefficient (Wildman–Crippen LogP) is 31.7. The lowest BCUT2D eigenvalue weighted by molar-refractivity contribution is 0.115. The molecule has 100 heavy (non-hydrogen) atoms. The molecule has 5 aromatic rings. The lowest BCUT2D eigenvalue weighted by Crippen LogP contribution is -2.19. The highest BCUT2D eigenvalue weighted by molar-refractivity contribution is 5.39. The van der Waals surface area contributed by atoms with Crippen molar-refractivity contribution in [2.45, 2.75) is 378 Å². The number of aryl methyl sites for hydroxylation is 7. The number of rotatable bonds is 20. The van der Waals surface area contributed by atoms with Crippen LogP contribution in [0.3, 0.4) is 0 Å². The summed E-state index contributed by atoms with van der Waals surface area (Å²) in [7, 11) is 5.19. The number of unbranched alkanes of at least 4 members (excludes halogenated alkanes) is 2. The minimum absolute atomic E-state index is 0. The van der Waals surface area contributed by atoms with Gasteiger partial charge < -0.3 is 14.2 Å². The Balaban J connectivity index is -0.0000000802. The molecule has 1 heterocycles. The molecule has 1 aromatic heterocycles. The van der Waals surface area contributed by atoms with E-state index in [0.717, 1.165) is 79.5 Å². The minimum atomic E-state index is 0. The number of benzene rings is 4. The van der Waals surface area contributed by atoms with Gasteiger partial charge in [-0.15, -0.1) is 0 Å². The maximum atomic E-state index is 4.90. The number of methoxy groups -OCH3 is 3. The maximum Gasteiger partial charge on any atom is 0.129 e. The third-order valence-corrected chi connectivity index (χ3v) is 18.8. The van der Waals surface area contributed by atoms with Gasteiger partial charge in [0.1, 0.15) is 17.5 Å². The molecule has 2 aliphatic carbocycles. The largest absolute Gasteiger partial charge is 0.385 e. The van der Waals surface area contributed by atoms with Gasteiger partial charge in [-0.1, -0.05) is 399 Å². The highest BCUT2D eigenvalue weighted by Gasteiger charge is 2.25. The van der Waals surface area contributed by atoms with Crippen LogP contribution < -0.4 is 0 Å². The number of hydrogen-bond acceptors (Lipinski definition) is 6. The van der Waals surface area contributed by atoms with Crippen LogP contribution in [-0.2, 0) is 26.0 Å². The first kappa shape index (κ1) is 120. The molecule has 1 atom stereocenters. The van der Waals surface area contributed by atoms with Gasteiger partial charge in [-0.25, -0.2) is 15.0 Å². The quantitative estimate of drug-likeness (QED) is 0.0724. The molecule has 2 saturated carbocycles. The lowest BCUT2D eigenvalue weighted by atomic mass is 9.74. The van der Waals surface area contributed by atoms with Gasteiger partial charge in [-0.3, -0.25) is 0 Å². The molecule has 0 bridgehead atoms. The summed E-state index contributed by atoms with van der Waals surface area (Å²) in [4.78, 5) is 12.0. The molecule has 6 heteroatoms. The van der Waals surface area contributed by atoms with Gasteiger partial charge in [-0.05, 0) is 145 Å². The fourth-order valence-electron chi connectivity index (χ4n) is 10.8. The second-order valence-corrected chi connectivity index (χ2v) is 27.7. The van der Waals surface area contributed by atoms with E-state index in [1.807, 2.05) is 20.8 Å². The first-order chi connectivity index (χ1) is 43.8. The molecule has 2 fully saturated rings. The van der Waals surface area contributed by atoms with E-state index in [1.54, 1.807) is 27.8 Å². The monoisotopic (exact) mass is 1410 g/mol. The van der Waals surface area contributed by atoms with Crippen LogP contribution in [0.1, 0.15) is 377 Å². The van der Waals surface area contributed by atoms with Gasteiger partial charge >= 0.3 is 0 Å². The minimum Gasteiger partial charge on any atom is -0.385 e. The Bertz CT molecular complexity index is 2170. The summed E-state index contributed by atoms with van der Waals surface area (Å²) in [5, 5.41) is 0. The zero-order valence-corrected chi connectivity index (χ0v) is 65.7. The van der Waals surface area contributed by atoms with Crippen molar-refractivity contribution in [1.82, 2.24) is 15.0 Å². The number of nitrogens with zero attached hydrogens (tertiary/aromatic N) is 3. The van der Waals surface area contributed by atoms with E-state index in [-0.39, 0.29) is 67.7 Å². The van der Waals surface area contributed by atoms with Gasteiger partial charge in [-0.2, -0.15) is 0 Å². The zero-order chi connectivity index (χ0) is 70.3. The molecule has 0 radical (unpaired) electrons. The Hall–Kier alpha value is -4.23. The Kier molecular flexibility index (Phi) is 90.9. The Morgan fingerprint density at radius 1 is 0.410 bits per heavy atom. The summed E-state index contributed by atoms with van der Waals surface area (Å²) in [6.07, 6.45) is 30.5. The van der Waals surface area contributed by atoms with Crippen LogP contribution in [0.5, 0.6) is 0 Å². The van der Waals surface area contributed by atoms with Crippen LogP contribution in [0.4, 0.5) is 0 Å². The van der Waals surface area contributed by atoms with Crippen LogP contribution >= 0.6 is 0 Å². The second kappa shape index (κ2) is 75.9. The summed E-state index contributed by atoms with van der Waals surface area (Å²) in [5.41, 5.74) is 11.5. The summed E-state index contributed by atoms with van der Waals surface area (Å²) < 4.78 is 14.4. The van der Waals surface area contributed by atoms with Crippen molar-refractivity contribution < 1.29 is 17.1 Å². The van der Waals surface area contributed by atoms with Gasteiger partial charge in [0.25, 0.3) is 0 Å². The molecule has 0 aliphatic heterocycles. The predicted molar refractivity (Wildman–Crippen MR) is 468 cm³/mol. The van der Waals surface area contributed by atoms with Crippen LogP contribution in [0.25, 0.3) is 0 Å². The van der Waals surface area contributed by atoms with Crippen molar-refractivity contribution in [2.75, 3.05) is 34.5 Å². The van der Waals surface area contributed by atoms with E-state index < -0.39 is 0 Å². The molecule has 4 aromatic carbocycles. The molecular formula is C94H187N3O3. The van der Waals surface area contributed by atoms with E-state index in [9.17, 15) is 0 Å². The van der Waals surface area contributed by atoms with E-state index in [0.29, 0.717) is 11.5 Å². The summed E-state index contributed by atoms with van der Waals surface area (Å²) in [6.45, 7) is 54.0. The molecule has 2 aliphatic rings. The number of ether oxygens (including phenoxy) is 3. The topological polar surface area (TPSA) is 66.4 Å². The Morgan fingerprint density at radius 3 is 0.890 bits per heavy atom. The van der Waals surface area contributed by atoms with Crippen LogP contribution in [0, 0.1) is 83.5 Å². The first-order valence-corrected chi connectivity index (χ1v) is 37.2. The van der Waals surface area contributed by atoms with E-state index in [4.69, 9.17) is 14.2 Å². The smallest absolute Gasteiger partial charge is 0.129 e. The highest BCUT2D eigenvalue weighted by Crippen LogP contribution is 2.38. The average Bonchev–Trinajstić information content (AvgIpc) is 0.808. The van der Waals surface area contributed by atoms with Gasteiger partial charge in [0.15, 0.2) is 0 Å². The summed E-state index contributed by atoms with van der Waals surface area (Å²) in [6, 6.07) is 35.2. The van der Waals surface area contributed by atoms with Crippen molar-refractivity contribution in [3.05, 3.63) is 159 Å². The second-order valence-electron chi connectivity index (χ2n) is 27.7. The Labute approximate surface area is 635 Å². The normalized spacial score (nSPS) is 14.6. The van der Waals surface area contributed by atoms with Crippen LogP contribution in [-0.4, -0.2) is 55.6 Å². The maximum absolute atomic E-state index is 4.90. The number of hydrogen-bond donors (Lipinski definition) is 0. The lowest BCUT2D eigenvalue weighted by Gasteiger charge is -2.32. The molecule has 0 saturated heterocycles. The third kappa shape index (κ3) is 62.3. The molecule has 0 amide bonds. The molecule has 0 spiro atoms. The third-order valence-electron chi connectivity index (χ3n) is 18.8. The standard InChI is InChI=1S/C17H20.C15H28.C15H16.C9H20.C6H9N3.C6H14O.C6H14.C5H12O.C4H10O.C3H8.8CH4.2H2/c1-13-5-9-15(10-6-13)17(3,4)16-11-7-14(2)8-12-16;2*1-12-3-7-14(8-4-12)11-15-9-5-13(2)6-10-15;1-5-9(6-2,7-3)8-4;1-4-7-5(2)9-6(3)8-4;1-3-4-5-6-7-2;1-4-6(3)5-2;1-4-5(2)6-3;1-3-4-5-2;1-3-2;;;;;;;;;;/h5-12H,1-4H3;12-15H,3-11H2,1-2H3;3-10H,11H2,1-2H3;5-8H2,1-4H3;1-3H3;3-6H2,1-2H3;6H,4-5H2,1-3H3;5H,4H2,1-3H3;3-4H2,1-2H3;3H2,1-2H3;8*1H4;2*1H. The highest BCUT2D eigenvalue weighted by atomic mass is 16.5. The fraction of sp³-hybridized carbons (Fsp3) is 0.713. The fourth-order valence-corrected chi connectivity index (χ4v) is 10.8. The molecule has 6 nitrogen and oxygen atoms in total. The van der Waals surface area contributed by atoms with E-state index in [1.165, 1.54) is 160 Å². The van der Waals surface area contributed by atoms with Gasteiger partial charge in [0, 0.05) is 42.8 Å². The average molecular weight is 1410 g/mol. The zero-order valence-electron chi connectivity index (χ0n) is 65.7. The SMILES string of the molecule is C.C.C.C.C.C.C.C.CC1CCC(CC2CCC(C)CC2)CC1.CCC.CCC(C)CC.CCC(C)OC.CCC(CC)(CC)CC.CCCCCOC.CCCOC.Cc1ccc(C(C)(C)c2ccc(C)cc2)cc1.Cc1ccc(Cc2ccc(C)cc2)cc1.Cc1nc(C)nc(C)n1.[HH].[HH]. The van der Waals surface area contributed by atoms with Crippen molar-refractivity contribution in [3.8, 4) is 0 Å².